The second kappa shape index (κ2) is 9.02. The van der Waals surface area contributed by atoms with E-state index in [9.17, 15) is 8.78 Å². The van der Waals surface area contributed by atoms with E-state index in [1.807, 2.05) is 0 Å². The second-order valence-electron chi connectivity index (χ2n) is 6.46. The number of hydrogen-bond donors (Lipinski definition) is 1. The van der Waals surface area contributed by atoms with E-state index in [1.165, 1.54) is 44.4 Å². The lowest BCUT2D eigenvalue weighted by molar-refractivity contribution is -0.0499. The van der Waals surface area contributed by atoms with Gasteiger partial charge in [0.1, 0.15) is 5.75 Å². The lowest BCUT2D eigenvalue weighted by Gasteiger charge is -2.20. The summed E-state index contributed by atoms with van der Waals surface area (Å²) in [6, 6.07) is 6.51. The Morgan fingerprint density at radius 2 is 2.08 bits per heavy atom. The third-order valence-electron chi connectivity index (χ3n) is 4.67. The Morgan fingerprint density at radius 3 is 2.85 bits per heavy atom. The number of alkyl halides is 2. The summed E-state index contributed by atoms with van der Waals surface area (Å²) in [4.78, 5) is 0. The molecule has 1 aromatic carbocycles. The summed E-state index contributed by atoms with van der Waals surface area (Å²) in [5, 5.41) is 11.4. The fraction of sp³-hybridized carbons (Fsp3) is 0.500. The van der Waals surface area contributed by atoms with Crippen molar-refractivity contribution >= 4 is 18.4 Å². The molecule has 0 spiro atoms. The van der Waals surface area contributed by atoms with Crippen LogP contribution in [-0.4, -0.2) is 27.7 Å². The minimum atomic E-state index is -2.88. The number of para-hydroxylation sites is 1. The zero-order chi connectivity index (χ0) is 18.4. The molecule has 0 atom stereocenters. The van der Waals surface area contributed by atoms with Crippen LogP contribution < -0.4 is 4.74 Å². The van der Waals surface area contributed by atoms with Crippen molar-refractivity contribution in [1.82, 2.24) is 14.9 Å². The van der Waals surface area contributed by atoms with Crippen LogP contribution in [0, 0.1) is 10.7 Å². The molecule has 3 rings (SSSR count). The SMILES string of the molecule is FC(F)Oc1ccccc1/C=N\n1c(CCC2CCCCC2)n[nH]c1=S. The van der Waals surface area contributed by atoms with Crippen LogP contribution >= 0.6 is 12.2 Å². The fourth-order valence-electron chi connectivity index (χ4n) is 3.32. The third kappa shape index (κ3) is 4.97. The summed E-state index contributed by atoms with van der Waals surface area (Å²) in [7, 11) is 0. The van der Waals surface area contributed by atoms with Gasteiger partial charge in [-0.3, -0.25) is 5.10 Å². The van der Waals surface area contributed by atoms with Gasteiger partial charge in [0, 0.05) is 12.0 Å². The highest BCUT2D eigenvalue weighted by Gasteiger charge is 2.15. The Balaban J connectivity index is 1.73. The van der Waals surface area contributed by atoms with Gasteiger partial charge in [0.15, 0.2) is 5.82 Å². The molecule has 1 fully saturated rings. The maximum Gasteiger partial charge on any atom is 0.387 e. The van der Waals surface area contributed by atoms with Crippen molar-refractivity contribution in [3.8, 4) is 5.75 Å². The van der Waals surface area contributed by atoms with Crippen molar-refractivity contribution in [3.63, 3.8) is 0 Å². The predicted octanol–water partition coefficient (Wildman–Crippen LogP) is 4.94. The molecular weight excluding hydrogens is 358 g/mol. The number of benzene rings is 1. The number of aromatic nitrogens is 3. The van der Waals surface area contributed by atoms with Gasteiger partial charge in [-0.2, -0.15) is 23.7 Å². The van der Waals surface area contributed by atoms with Gasteiger partial charge in [-0.1, -0.05) is 44.2 Å². The number of nitrogens with zero attached hydrogens (tertiary/aromatic N) is 3. The summed E-state index contributed by atoms with van der Waals surface area (Å²) in [6.45, 7) is -2.88. The van der Waals surface area contributed by atoms with E-state index in [0.717, 1.165) is 24.6 Å². The molecule has 2 aromatic rings. The minimum absolute atomic E-state index is 0.0741. The van der Waals surface area contributed by atoms with E-state index in [4.69, 9.17) is 12.2 Å². The van der Waals surface area contributed by atoms with E-state index in [1.54, 1.807) is 22.9 Å². The Kier molecular flexibility index (Phi) is 6.49. The molecule has 0 aliphatic heterocycles. The van der Waals surface area contributed by atoms with Gasteiger partial charge in [-0.05, 0) is 36.7 Å². The first-order chi connectivity index (χ1) is 12.6. The van der Waals surface area contributed by atoms with Crippen LogP contribution in [0.25, 0.3) is 0 Å². The lowest BCUT2D eigenvalue weighted by Crippen LogP contribution is -2.09. The Labute approximate surface area is 156 Å². The molecule has 1 saturated carbocycles. The smallest absolute Gasteiger partial charge is 0.387 e. The Bertz CT molecular complexity index is 796. The van der Waals surface area contributed by atoms with Crippen LogP contribution in [-0.2, 0) is 6.42 Å². The van der Waals surface area contributed by atoms with Crippen molar-refractivity contribution in [1.29, 1.82) is 0 Å². The van der Waals surface area contributed by atoms with Crippen LogP contribution in [0.4, 0.5) is 8.78 Å². The molecule has 1 aliphatic carbocycles. The maximum absolute atomic E-state index is 12.5. The first-order valence-electron chi connectivity index (χ1n) is 8.88. The third-order valence-corrected chi connectivity index (χ3v) is 4.93. The molecule has 0 radical (unpaired) electrons. The quantitative estimate of drug-likeness (QED) is 0.547. The van der Waals surface area contributed by atoms with Crippen LogP contribution in [0.15, 0.2) is 29.4 Å². The number of hydrogen-bond acceptors (Lipinski definition) is 4. The van der Waals surface area contributed by atoms with Gasteiger partial charge in [0.05, 0.1) is 6.21 Å². The standard InChI is InChI=1S/C18H22F2N4OS/c19-17(20)25-15-9-5-4-8-14(15)12-21-24-16(22-23-18(24)26)11-10-13-6-2-1-3-7-13/h4-5,8-9,12-13,17H,1-3,6-7,10-11H2,(H,23,26)/b21-12-. The molecule has 0 bridgehead atoms. The van der Waals surface area contributed by atoms with Crippen molar-refractivity contribution in [2.75, 3.05) is 0 Å². The average Bonchev–Trinajstić information content (AvgIpc) is 2.99. The number of rotatable bonds is 7. The highest BCUT2D eigenvalue weighted by molar-refractivity contribution is 7.71. The van der Waals surface area contributed by atoms with Crippen molar-refractivity contribution < 1.29 is 13.5 Å². The summed E-state index contributed by atoms with van der Waals surface area (Å²) in [5.41, 5.74) is 0.453. The zero-order valence-corrected chi connectivity index (χ0v) is 15.2. The van der Waals surface area contributed by atoms with Crippen LogP contribution in [0.2, 0.25) is 0 Å². The number of H-pyrrole nitrogens is 1. The van der Waals surface area contributed by atoms with E-state index < -0.39 is 6.61 Å². The van der Waals surface area contributed by atoms with E-state index in [2.05, 4.69) is 20.0 Å². The topological polar surface area (TPSA) is 55.2 Å². The van der Waals surface area contributed by atoms with Gasteiger partial charge in [-0.25, -0.2) is 0 Å². The molecule has 1 heterocycles. The molecule has 1 N–H and O–H groups in total. The molecule has 0 amide bonds. The van der Waals surface area contributed by atoms with E-state index in [0.29, 0.717) is 10.3 Å². The zero-order valence-electron chi connectivity index (χ0n) is 14.4. The van der Waals surface area contributed by atoms with Crippen LogP contribution in [0.5, 0.6) is 5.75 Å². The maximum atomic E-state index is 12.5. The Hall–Kier alpha value is -2.09. The van der Waals surface area contributed by atoms with Gasteiger partial charge in [0.2, 0.25) is 4.77 Å². The van der Waals surface area contributed by atoms with E-state index >= 15 is 0 Å². The summed E-state index contributed by atoms with van der Waals surface area (Å²) in [5.74, 6) is 1.56. The summed E-state index contributed by atoms with van der Waals surface area (Å²) in [6.07, 6.45) is 9.78. The molecular formula is C18H22F2N4OS. The largest absolute Gasteiger partial charge is 0.434 e. The van der Waals surface area contributed by atoms with Crippen molar-refractivity contribution in [2.45, 2.75) is 51.6 Å². The monoisotopic (exact) mass is 380 g/mol. The number of ether oxygens (including phenoxy) is 1. The molecule has 1 aliphatic rings. The highest BCUT2D eigenvalue weighted by atomic mass is 32.1. The minimum Gasteiger partial charge on any atom is -0.434 e. The number of aryl methyl sites for hydroxylation is 1. The fourth-order valence-corrected chi connectivity index (χ4v) is 3.52. The van der Waals surface area contributed by atoms with Gasteiger partial charge in [0.25, 0.3) is 0 Å². The molecule has 0 saturated heterocycles. The molecule has 8 heteroatoms. The predicted molar refractivity (Wildman–Crippen MR) is 98.4 cm³/mol. The molecule has 5 nitrogen and oxygen atoms in total. The summed E-state index contributed by atoms with van der Waals surface area (Å²) >= 11 is 5.24. The second-order valence-corrected chi connectivity index (χ2v) is 6.85. The number of halogens is 2. The van der Waals surface area contributed by atoms with Crippen molar-refractivity contribution in [2.24, 2.45) is 11.0 Å². The highest BCUT2D eigenvalue weighted by Crippen LogP contribution is 2.27. The number of nitrogens with one attached hydrogen (secondary N) is 1. The van der Waals surface area contributed by atoms with Gasteiger partial charge in [-0.15, -0.1) is 0 Å². The van der Waals surface area contributed by atoms with Gasteiger partial charge < -0.3 is 4.74 Å². The van der Waals surface area contributed by atoms with Gasteiger partial charge >= 0.3 is 6.61 Å². The number of aromatic amines is 1. The first kappa shape index (κ1) is 18.7. The molecule has 140 valence electrons. The van der Waals surface area contributed by atoms with Crippen LogP contribution in [0.3, 0.4) is 0 Å². The van der Waals surface area contributed by atoms with Crippen LogP contribution in [0.1, 0.15) is 49.9 Å². The van der Waals surface area contributed by atoms with Crippen molar-refractivity contribution in [3.05, 3.63) is 40.4 Å². The van der Waals surface area contributed by atoms with E-state index in [-0.39, 0.29) is 5.75 Å². The molecule has 0 unspecified atom stereocenters. The first-order valence-corrected chi connectivity index (χ1v) is 9.29. The normalized spacial score (nSPS) is 15.8. The lowest BCUT2D eigenvalue weighted by atomic mass is 9.86. The molecule has 1 aromatic heterocycles. The average molecular weight is 380 g/mol. The summed E-state index contributed by atoms with van der Waals surface area (Å²) < 4.78 is 31.5. The molecule has 26 heavy (non-hydrogen) atoms. The Morgan fingerprint density at radius 1 is 1.31 bits per heavy atom.